The molecule has 0 aromatic heterocycles. The Morgan fingerprint density at radius 2 is 2.00 bits per heavy atom. The molecule has 102 valence electrons. The van der Waals surface area contributed by atoms with Crippen molar-refractivity contribution in [3.05, 3.63) is 35.9 Å². The van der Waals surface area contributed by atoms with Crippen LogP contribution in [0.1, 0.15) is 31.4 Å². The van der Waals surface area contributed by atoms with Gasteiger partial charge in [0.2, 0.25) is 0 Å². The quantitative estimate of drug-likeness (QED) is 0.662. The number of rotatable bonds is 9. The lowest BCUT2D eigenvalue weighted by molar-refractivity contribution is 0.166. The zero-order chi connectivity index (χ0) is 13.2. The molecule has 3 heteroatoms. The minimum Gasteiger partial charge on any atom is -0.396 e. The highest BCUT2D eigenvalue weighted by atomic mass is 16.5. The Labute approximate surface area is 110 Å². The Hall–Kier alpha value is -0.900. The maximum atomic E-state index is 8.97. The average Bonchev–Trinajstić information content (AvgIpc) is 2.43. The van der Waals surface area contributed by atoms with Crippen LogP contribution in [0.4, 0.5) is 0 Å². The molecule has 18 heavy (non-hydrogen) atoms. The predicted molar refractivity (Wildman–Crippen MR) is 74.5 cm³/mol. The Morgan fingerprint density at radius 3 is 2.61 bits per heavy atom. The minimum absolute atomic E-state index is 0.251. The molecule has 0 saturated carbocycles. The van der Waals surface area contributed by atoms with E-state index in [1.54, 1.807) is 7.11 Å². The summed E-state index contributed by atoms with van der Waals surface area (Å²) < 4.78 is 5.26. The first-order valence-electron chi connectivity index (χ1n) is 6.66. The Balaban J connectivity index is 2.35. The second-order valence-electron chi connectivity index (χ2n) is 4.80. The second kappa shape index (κ2) is 9.09. The molecule has 0 radical (unpaired) electrons. The van der Waals surface area contributed by atoms with Crippen molar-refractivity contribution in [2.45, 2.75) is 25.8 Å². The highest BCUT2D eigenvalue weighted by Crippen LogP contribution is 2.13. The molecule has 0 spiro atoms. The van der Waals surface area contributed by atoms with Gasteiger partial charge in [-0.15, -0.1) is 0 Å². The first-order chi connectivity index (χ1) is 8.77. The molecule has 0 fully saturated rings. The van der Waals surface area contributed by atoms with Crippen LogP contribution in [0.25, 0.3) is 0 Å². The van der Waals surface area contributed by atoms with E-state index in [0.29, 0.717) is 12.5 Å². The smallest absolute Gasteiger partial charge is 0.0657 e. The first kappa shape index (κ1) is 15.2. The van der Waals surface area contributed by atoms with Crippen LogP contribution in [-0.2, 0) is 4.74 Å². The number of hydrogen-bond donors (Lipinski definition) is 2. The maximum Gasteiger partial charge on any atom is 0.0657 e. The molecular weight excluding hydrogens is 226 g/mol. The maximum absolute atomic E-state index is 8.97. The molecule has 2 N–H and O–H groups in total. The predicted octanol–water partition coefficient (Wildman–Crippen LogP) is 2.37. The van der Waals surface area contributed by atoms with Crippen molar-refractivity contribution >= 4 is 0 Å². The van der Waals surface area contributed by atoms with E-state index in [-0.39, 0.29) is 12.6 Å². The minimum atomic E-state index is 0.251. The topological polar surface area (TPSA) is 41.5 Å². The molecular formula is C15H25NO2. The number of methoxy groups -OCH3 is 1. The van der Waals surface area contributed by atoms with Crippen LogP contribution < -0.4 is 5.32 Å². The molecule has 0 heterocycles. The molecule has 1 aromatic carbocycles. The summed E-state index contributed by atoms with van der Waals surface area (Å²) in [5.74, 6) is 0.393. The van der Waals surface area contributed by atoms with Gasteiger partial charge in [0.05, 0.1) is 12.6 Å². The van der Waals surface area contributed by atoms with Gasteiger partial charge in [-0.2, -0.15) is 0 Å². The fourth-order valence-electron chi connectivity index (χ4n) is 1.94. The normalized spacial score (nSPS) is 14.4. The molecule has 2 atom stereocenters. The molecule has 1 aromatic rings. The second-order valence-corrected chi connectivity index (χ2v) is 4.80. The first-order valence-corrected chi connectivity index (χ1v) is 6.66. The summed E-state index contributed by atoms with van der Waals surface area (Å²) in [5.41, 5.74) is 1.26. The molecule has 0 saturated heterocycles. The van der Waals surface area contributed by atoms with Gasteiger partial charge in [0, 0.05) is 13.7 Å². The third kappa shape index (κ3) is 5.63. The Bertz CT molecular complexity index is 303. The lowest BCUT2D eigenvalue weighted by atomic mass is 10.1. The fourth-order valence-corrected chi connectivity index (χ4v) is 1.94. The molecule has 0 aliphatic rings. The summed E-state index contributed by atoms with van der Waals surface area (Å²) in [4.78, 5) is 0. The van der Waals surface area contributed by atoms with Crippen LogP contribution in [0.2, 0.25) is 0 Å². The lowest BCUT2D eigenvalue weighted by Crippen LogP contribution is -2.26. The SMILES string of the molecule is COCC(NCCCC(C)CO)c1ccccc1. The van der Waals surface area contributed by atoms with Gasteiger partial charge in [-0.3, -0.25) is 0 Å². The summed E-state index contributed by atoms with van der Waals surface area (Å²) in [6, 6.07) is 10.6. The van der Waals surface area contributed by atoms with Crippen LogP contribution >= 0.6 is 0 Å². The van der Waals surface area contributed by atoms with E-state index in [2.05, 4.69) is 24.4 Å². The summed E-state index contributed by atoms with van der Waals surface area (Å²) in [5, 5.41) is 12.5. The molecule has 3 nitrogen and oxygen atoms in total. The number of nitrogens with one attached hydrogen (secondary N) is 1. The van der Waals surface area contributed by atoms with E-state index >= 15 is 0 Å². The van der Waals surface area contributed by atoms with Crippen LogP contribution in [0, 0.1) is 5.92 Å². The number of hydrogen-bond acceptors (Lipinski definition) is 3. The van der Waals surface area contributed by atoms with Gasteiger partial charge in [-0.05, 0) is 30.9 Å². The van der Waals surface area contributed by atoms with E-state index in [4.69, 9.17) is 9.84 Å². The lowest BCUT2D eigenvalue weighted by Gasteiger charge is -2.18. The summed E-state index contributed by atoms with van der Waals surface area (Å²) in [6.07, 6.45) is 2.13. The molecule has 0 amide bonds. The van der Waals surface area contributed by atoms with Gasteiger partial charge >= 0.3 is 0 Å². The van der Waals surface area contributed by atoms with E-state index in [0.717, 1.165) is 19.4 Å². The van der Waals surface area contributed by atoms with Crippen molar-refractivity contribution in [2.75, 3.05) is 26.9 Å². The average molecular weight is 251 g/mol. The third-order valence-corrected chi connectivity index (χ3v) is 3.11. The van der Waals surface area contributed by atoms with Gasteiger partial charge in [-0.1, -0.05) is 37.3 Å². The van der Waals surface area contributed by atoms with E-state index in [1.807, 2.05) is 18.2 Å². The van der Waals surface area contributed by atoms with Crippen molar-refractivity contribution < 1.29 is 9.84 Å². The van der Waals surface area contributed by atoms with E-state index in [1.165, 1.54) is 5.56 Å². The Morgan fingerprint density at radius 1 is 1.28 bits per heavy atom. The molecule has 0 aliphatic heterocycles. The van der Waals surface area contributed by atoms with Gasteiger partial charge in [0.15, 0.2) is 0 Å². The summed E-state index contributed by atoms with van der Waals surface area (Å²) in [7, 11) is 1.73. The molecule has 0 aliphatic carbocycles. The zero-order valence-corrected chi connectivity index (χ0v) is 11.4. The standard InChI is InChI=1S/C15H25NO2/c1-13(11-17)7-6-10-16-15(12-18-2)14-8-4-3-5-9-14/h3-5,8-9,13,15-17H,6-7,10-12H2,1-2H3. The van der Waals surface area contributed by atoms with Crippen LogP contribution in [0.5, 0.6) is 0 Å². The number of ether oxygens (including phenoxy) is 1. The summed E-state index contributed by atoms with van der Waals surface area (Å²) >= 11 is 0. The monoisotopic (exact) mass is 251 g/mol. The number of aliphatic hydroxyl groups excluding tert-OH is 1. The van der Waals surface area contributed by atoms with Gasteiger partial charge in [-0.25, -0.2) is 0 Å². The number of benzene rings is 1. The molecule has 0 bridgehead atoms. The number of aliphatic hydroxyl groups is 1. The third-order valence-electron chi connectivity index (χ3n) is 3.11. The van der Waals surface area contributed by atoms with Gasteiger partial charge in [0.1, 0.15) is 0 Å². The van der Waals surface area contributed by atoms with Crippen LogP contribution in [0.3, 0.4) is 0 Å². The van der Waals surface area contributed by atoms with Crippen molar-refractivity contribution in [1.82, 2.24) is 5.32 Å². The highest BCUT2D eigenvalue weighted by Gasteiger charge is 2.09. The van der Waals surface area contributed by atoms with Crippen molar-refractivity contribution in [3.63, 3.8) is 0 Å². The largest absolute Gasteiger partial charge is 0.396 e. The van der Waals surface area contributed by atoms with Crippen LogP contribution in [0.15, 0.2) is 30.3 Å². The van der Waals surface area contributed by atoms with Gasteiger partial charge < -0.3 is 15.2 Å². The van der Waals surface area contributed by atoms with Crippen molar-refractivity contribution in [3.8, 4) is 0 Å². The fraction of sp³-hybridized carbons (Fsp3) is 0.600. The zero-order valence-electron chi connectivity index (χ0n) is 11.4. The molecule has 2 unspecified atom stereocenters. The van der Waals surface area contributed by atoms with E-state index in [9.17, 15) is 0 Å². The van der Waals surface area contributed by atoms with Crippen LogP contribution in [-0.4, -0.2) is 32.0 Å². The van der Waals surface area contributed by atoms with E-state index < -0.39 is 0 Å². The highest BCUT2D eigenvalue weighted by molar-refractivity contribution is 5.18. The van der Waals surface area contributed by atoms with Crippen molar-refractivity contribution in [1.29, 1.82) is 0 Å². The Kier molecular flexibility index (Phi) is 7.65. The molecule has 1 rings (SSSR count). The van der Waals surface area contributed by atoms with Gasteiger partial charge in [0.25, 0.3) is 0 Å². The van der Waals surface area contributed by atoms with Crippen molar-refractivity contribution in [2.24, 2.45) is 5.92 Å². The summed E-state index contributed by atoms with van der Waals surface area (Å²) in [6.45, 7) is 3.98.